The van der Waals surface area contributed by atoms with Gasteiger partial charge in [-0.2, -0.15) is 13.9 Å². The van der Waals surface area contributed by atoms with Crippen molar-refractivity contribution in [3.05, 3.63) is 36.0 Å². The molecule has 1 unspecified atom stereocenters. The van der Waals surface area contributed by atoms with Gasteiger partial charge in [0.25, 0.3) is 5.91 Å². The quantitative estimate of drug-likeness (QED) is 0.831. The number of nitrogens with zero attached hydrogens (tertiary/aromatic N) is 3. The molecule has 1 aromatic heterocycles. The fraction of sp³-hybridized carbons (Fsp3) is 0.444. The number of aromatic nitrogens is 2. The van der Waals surface area contributed by atoms with Crippen LogP contribution >= 0.6 is 0 Å². The molecule has 1 N–H and O–H groups in total. The number of halogens is 2. The second kappa shape index (κ2) is 8.45. The van der Waals surface area contributed by atoms with Gasteiger partial charge in [-0.3, -0.25) is 9.89 Å². The normalized spacial score (nSPS) is 17.6. The number of H-pyrrole nitrogens is 1. The number of morpholine rings is 1. The summed E-state index contributed by atoms with van der Waals surface area (Å²) in [4.78, 5) is 16.7. The van der Waals surface area contributed by atoms with Gasteiger partial charge in [0.1, 0.15) is 5.75 Å². The van der Waals surface area contributed by atoms with Crippen molar-refractivity contribution < 1.29 is 23.0 Å². The summed E-state index contributed by atoms with van der Waals surface area (Å²) in [7, 11) is 3.90. The number of carbonyl (C=O) groups excluding carboxylic acids is 1. The average molecular weight is 380 g/mol. The molecular formula is C18H22F2N4O3. The van der Waals surface area contributed by atoms with Crippen molar-refractivity contribution in [2.75, 3.05) is 40.3 Å². The molecule has 1 aliphatic heterocycles. The maximum Gasteiger partial charge on any atom is 0.387 e. The van der Waals surface area contributed by atoms with E-state index in [0.29, 0.717) is 36.5 Å². The van der Waals surface area contributed by atoms with Crippen molar-refractivity contribution in [2.24, 2.45) is 0 Å². The maximum atomic E-state index is 13.0. The Labute approximate surface area is 155 Å². The number of amides is 1. The Kier molecular flexibility index (Phi) is 6.02. The monoisotopic (exact) mass is 380 g/mol. The molecule has 146 valence electrons. The fourth-order valence-corrected chi connectivity index (χ4v) is 3.09. The molecule has 1 atom stereocenters. The lowest BCUT2D eigenvalue weighted by Crippen LogP contribution is -2.48. The summed E-state index contributed by atoms with van der Waals surface area (Å²) in [5, 5.41) is 6.76. The zero-order valence-electron chi connectivity index (χ0n) is 15.2. The predicted octanol–water partition coefficient (Wildman–Crippen LogP) is 2.08. The van der Waals surface area contributed by atoms with Gasteiger partial charge in [0.05, 0.1) is 30.2 Å². The van der Waals surface area contributed by atoms with E-state index in [1.807, 2.05) is 19.0 Å². The van der Waals surface area contributed by atoms with Crippen LogP contribution in [0.25, 0.3) is 11.3 Å². The van der Waals surface area contributed by atoms with Gasteiger partial charge in [0.2, 0.25) is 0 Å². The standard InChI is InChI=1S/C18H22F2N4O3/c1-23(2)10-14-11-24(6-7-26-14)17(25)15-9-21-22-16(15)12-4-3-5-13(8-12)27-18(19)20/h3-5,8-9,14,18H,6-7,10-11H2,1-2H3,(H,21,22). The number of hydrogen-bond donors (Lipinski definition) is 1. The van der Waals surface area contributed by atoms with E-state index in [4.69, 9.17) is 4.74 Å². The predicted molar refractivity (Wildman–Crippen MR) is 94.9 cm³/mol. The number of likely N-dealkylation sites (N-methyl/N-ethyl adjacent to an activating group) is 1. The largest absolute Gasteiger partial charge is 0.435 e. The molecule has 1 saturated heterocycles. The molecule has 1 aliphatic rings. The van der Waals surface area contributed by atoms with Crippen LogP contribution in [0, 0.1) is 0 Å². The third-order valence-corrected chi connectivity index (χ3v) is 4.21. The highest BCUT2D eigenvalue weighted by Gasteiger charge is 2.28. The molecule has 0 saturated carbocycles. The van der Waals surface area contributed by atoms with E-state index in [2.05, 4.69) is 14.9 Å². The Morgan fingerprint density at radius 1 is 1.48 bits per heavy atom. The van der Waals surface area contributed by atoms with Gasteiger partial charge in [-0.05, 0) is 26.2 Å². The van der Waals surface area contributed by atoms with Crippen LogP contribution in [-0.4, -0.2) is 79.0 Å². The van der Waals surface area contributed by atoms with Crippen molar-refractivity contribution in [2.45, 2.75) is 12.7 Å². The number of nitrogens with one attached hydrogen (secondary N) is 1. The van der Waals surface area contributed by atoms with Crippen LogP contribution in [0.15, 0.2) is 30.5 Å². The Morgan fingerprint density at radius 3 is 3.04 bits per heavy atom. The second-order valence-corrected chi connectivity index (χ2v) is 6.57. The highest BCUT2D eigenvalue weighted by molar-refractivity contribution is 5.99. The van der Waals surface area contributed by atoms with Crippen LogP contribution in [0.3, 0.4) is 0 Å². The highest BCUT2D eigenvalue weighted by atomic mass is 19.3. The van der Waals surface area contributed by atoms with Crippen LogP contribution in [0.2, 0.25) is 0 Å². The molecule has 0 bridgehead atoms. The minimum Gasteiger partial charge on any atom is -0.435 e. The molecule has 3 rings (SSSR count). The third-order valence-electron chi connectivity index (χ3n) is 4.21. The Bertz CT molecular complexity index is 781. The summed E-state index contributed by atoms with van der Waals surface area (Å²) < 4.78 is 35.1. The molecule has 2 aromatic rings. The second-order valence-electron chi connectivity index (χ2n) is 6.57. The number of aromatic amines is 1. The minimum absolute atomic E-state index is 0.0212. The SMILES string of the molecule is CN(C)CC1CN(C(=O)c2cn[nH]c2-c2cccc(OC(F)F)c2)CCO1. The van der Waals surface area contributed by atoms with Crippen molar-refractivity contribution in [1.29, 1.82) is 0 Å². The number of benzene rings is 1. The minimum atomic E-state index is -2.91. The Balaban J connectivity index is 1.79. The molecule has 1 amide bonds. The molecule has 2 heterocycles. The van der Waals surface area contributed by atoms with Gasteiger partial charge < -0.3 is 19.3 Å². The van der Waals surface area contributed by atoms with E-state index in [0.717, 1.165) is 6.54 Å². The molecule has 1 fully saturated rings. The molecule has 27 heavy (non-hydrogen) atoms. The Hall–Kier alpha value is -2.52. The van der Waals surface area contributed by atoms with E-state index in [-0.39, 0.29) is 17.8 Å². The lowest BCUT2D eigenvalue weighted by Gasteiger charge is -2.34. The van der Waals surface area contributed by atoms with Crippen molar-refractivity contribution >= 4 is 5.91 Å². The zero-order chi connectivity index (χ0) is 19.4. The number of ether oxygens (including phenoxy) is 2. The topological polar surface area (TPSA) is 70.7 Å². The number of hydrogen-bond acceptors (Lipinski definition) is 5. The van der Waals surface area contributed by atoms with Gasteiger partial charge >= 0.3 is 6.61 Å². The van der Waals surface area contributed by atoms with Gasteiger partial charge in [-0.15, -0.1) is 0 Å². The molecule has 0 aliphatic carbocycles. The first kappa shape index (κ1) is 19.2. The van der Waals surface area contributed by atoms with E-state index < -0.39 is 6.61 Å². The van der Waals surface area contributed by atoms with Gasteiger partial charge in [-0.1, -0.05) is 12.1 Å². The Morgan fingerprint density at radius 2 is 2.30 bits per heavy atom. The number of rotatable bonds is 6. The molecule has 0 spiro atoms. The number of alkyl halides is 2. The summed E-state index contributed by atoms with van der Waals surface area (Å²) in [5.74, 6) is -0.154. The summed E-state index contributed by atoms with van der Waals surface area (Å²) in [6.07, 6.45) is 1.39. The molecule has 7 nitrogen and oxygen atoms in total. The lowest BCUT2D eigenvalue weighted by atomic mass is 10.1. The van der Waals surface area contributed by atoms with Crippen molar-refractivity contribution in [3.63, 3.8) is 0 Å². The van der Waals surface area contributed by atoms with Crippen LogP contribution in [-0.2, 0) is 4.74 Å². The van der Waals surface area contributed by atoms with E-state index in [1.165, 1.54) is 18.3 Å². The summed E-state index contributed by atoms with van der Waals surface area (Å²) in [6.45, 7) is -0.757. The van der Waals surface area contributed by atoms with Crippen molar-refractivity contribution in [3.8, 4) is 17.0 Å². The summed E-state index contributed by atoms with van der Waals surface area (Å²) in [5.41, 5.74) is 1.40. The highest BCUT2D eigenvalue weighted by Crippen LogP contribution is 2.27. The molecular weight excluding hydrogens is 358 g/mol. The van der Waals surface area contributed by atoms with Crippen LogP contribution in [0.5, 0.6) is 5.75 Å². The number of carbonyl (C=O) groups is 1. The zero-order valence-corrected chi connectivity index (χ0v) is 15.2. The van der Waals surface area contributed by atoms with Crippen LogP contribution in [0.4, 0.5) is 8.78 Å². The van der Waals surface area contributed by atoms with Gasteiger partial charge in [-0.25, -0.2) is 0 Å². The van der Waals surface area contributed by atoms with E-state index in [1.54, 1.807) is 17.0 Å². The fourth-order valence-electron chi connectivity index (χ4n) is 3.09. The summed E-state index contributed by atoms with van der Waals surface area (Å²) >= 11 is 0. The third kappa shape index (κ3) is 4.81. The maximum absolute atomic E-state index is 13.0. The average Bonchev–Trinajstić information content (AvgIpc) is 3.10. The molecule has 0 radical (unpaired) electrons. The van der Waals surface area contributed by atoms with Crippen molar-refractivity contribution in [1.82, 2.24) is 20.0 Å². The molecule has 9 heteroatoms. The smallest absolute Gasteiger partial charge is 0.387 e. The van der Waals surface area contributed by atoms with Crippen LogP contribution in [0.1, 0.15) is 10.4 Å². The van der Waals surface area contributed by atoms with E-state index in [9.17, 15) is 13.6 Å². The first-order valence-corrected chi connectivity index (χ1v) is 8.58. The van der Waals surface area contributed by atoms with Gasteiger partial charge in [0.15, 0.2) is 0 Å². The lowest BCUT2D eigenvalue weighted by molar-refractivity contribution is -0.0498. The van der Waals surface area contributed by atoms with Gasteiger partial charge in [0, 0.05) is 25.2 Å². The first-order chi connectivity index (χ1) is 12.9. The molecule has 1 aromatic carbocycles. The first-order valence-electron chi connectivity index (χ1n) is 8.58. The van der Waals surface area contributed by atoms with Crippen LogP contribution < -0.4 is 4.74 Å². The summed E-state index contributed by atoms with van der Waals surface area (Å²) in [6, 6.07) is 6.17. The van der Waals surface area contributed by atoms with E-state index >= 15 is 0 Å².